The number of anilines is 3. The summed E-state index contributed by atoms with van der Waals surface area (Å²) >= 11 is 1.85. The van der Waals surface area contributed by atoms with Gasteiger partial charge in [0.2, 0.25) is 5.89 Å². The van der Waals surface area contributed by atoms with Crippen molar-refractivity contribution in [1.29, 1.82) is 0 Å². The Morgan fingerprint density at radius 3 is 1.96 bits per heavy atom. The third-order valence-corrected chi connectivity index (χ3v) is 11.9. The van der Waals surface area contributed by atoms with E-state index in [9.17, 15) is 0 Å². The van der Waals surface area contributed by atoms with Gasteiger partial charge in [-0.15, -0.1) is 11.3 Å². The minimum atomic E-state index is 0.583. The van der Waals surface area contributed by atoms with E-state index in [0.29, 0.717) is 5.89 Å². The van der Waals surface area contributed by atoms with Gasteiger partial charge in [0.25, 0.3) is 0 Å². The Balaban J connectivity index is 1.04. The molecule has 0 saturated carbocycles. The molecule has 0 radical (unpaired) electrons. The molecule has 0 aliphatic heterocycles. The van der Waals surface area contributed by atoms with Crippen molar-refractivity contribution in [1.82, 2.24) is 4.98 Å². The fraction of sp³-hybridized carbons (Fsp3) is 0. The highest BCUT2D eigenvalue weighted by Gasteiger charge is 2.21. The van der Waals surface area contributed by atoms with Gasteiger partial charge in [-0.25, -0.2) is 4.98 Å². The zero-order valence-electron chi connectivity index (χ0n) is 28.8. The van der Waals surface area contributed by atoms with E-state index in [4.69, 9.17) is 13.8 Å². The third-order valence-electron chi connectivity index (χ3n) is 10.8. The number of benzene rings is 9. The summed E-state index contributed by atoms with van der Waals surface area (Å²) in [7, 11) is 0. The lowest BCUT2D eigenvalue weighted by atomic mass is 10.0. The number of furan rings is 1. The van der Waals surface area contributed by atoms with E-state index in [1.807, 2.05) is 35.6 Å². The number of hydrogen-bond donors (Lipinski definition) is 0. The molecule has 0 unspecified atom stereocenters. The molecular weight excluding hydrogens is 681 g/mol. The van der Waals surface area contributed by atoms with Crippen molar-refractivity contribution in [3.63, 3.8) is 0 Å². The molecule has 5 heteroatoms. The number of oxazole rings is 1. The first kappa shape index (κ1) is 29.6. The van der Waals surface area contributed by atoms with Gasteiger partial charge in [0.15, 0.2) is 5.58 Å². The van der Waals surface area contributed by atoms with Crippen LogP contribution >= 0.6 is 11.3 Å². The Labute approximate surface area is 312 Å². The normalized spacial score (nSPS) is 12.1. The Morgan fingerprint density at radius 1 is 0.407 bits per heavy atom. The summed E-state index contributed by atoms with van der Waals surface area (Å²) in [6, 6.07) is 60.4. The van der Waals surface area contributed by atoms with Gasteiger partial charge in [0, 0.05) is 59.6 Å². The number of nitrogens with zero attached hydrogens (tertiary/aromatic N) is 2. The second-order valence-corrected chi connectivity index (χ2v) is 15.0. The topological polar surface area (TPSA) is 42.4 Å². The van der Waals surface area contributed by atoms with E-state index in [0.717, 1.165) is 66.4 Å². The molecule has 0 aliphatic rings. The van der Waals surface area contributed by atoms with Gasteiger partial charge in [0.05, 0.1) is 0 Å². The number of hydrogen-bond acceptors (Lipinski definition) is 5. The number of fused-ring (bicyclic) bond motifs is 11. The fourth-order valence-corrected chi connectivity index (χ4v) is 9.45. The number of thiophene rings is 1. The van der Waals surface area contributed by atoms with Crippen LogP contribution in [0.5, 0.6) is 0 Å². The van der Waals surface area contributed by atoms with Crippen LogP contribution in [0, 0.1) is 0 Å². The van der Waals surface area contributed by atoms with Crippen LogP contribution in [0.25, 0.3) is 97.0 Å². The first-order valence-corrected chi connectivity index (χ1v) is 18.9. The predicted molar refractivity (Wildman–Crippen MR) is 227 cm³/mol. The summed E-state index contributed by atoms with van der Waals surface area (Å²) in [6.07, 6.45) is 0. The zero-order chi connectivity index (χ0) is 35.3. The molecule has 4 nitrogen and oxygen atoms in total. The van der Waals surface area contributed by atoms with Gasteiger partial charge in [0.1, 0.15) is 16.7 Å². The van der Waals surface area contributed by atoms with Crippen molar-refractivity contribution in [2.75, 3.05) is 4.90 Å². The standard InChI is InChI=1S/C49H28N2O2S/c1-2-10-31-24-34(18-16-29(31)8-1)51(36-20-22-39-46(28-36)54-45-23-17-30-9-5-6-13-37(30)48(39)45)35-19-21-38-43(27-35)52-42-15-7-14-40(47(38)42)49-50-41-25-32-11-3-4-12-33(32)26-44(41)53-49/h1-28H. The summed E-state index contributed by atoms with van der Waals surface area (Å²) < 4.78 is 15.6. The molecule has 0 N–H and O–H groups in total. The van der Waals surface area contributed by atoms with E-state index in [-0.39, 0.29) is 0 Å². The smallest absolute Gasteiger partial charge is 0.228 e. The quantitative estimate of drug-likeness (QED) is 0.183. The van der Waals surface area contributed by atoms with Crippen LogP contribution in [-0.4, -0.2) is 4.98 Å². The highest BCUT2D eigenvalue weighted by Crippen LogP contribution is 2.45. The predicted octanol–water partition coefficient (Wildman–Crippen LogP) is 14.7. The molecule has 0 saturated heterocycles. The summed E-state index contributed by atoms with van der Waals surface area (Å²) in [5.74, 6) is 0.583. The molecule has 0 fully saturated rings. The molecule has 54 heavy (non-hydrogen) atoms. The Bertz CT molecular complexity index is 3430. The lowest BCUT2D eigenvalue weighted by Gasteiger charge is -2.26. The van der Waals surface area contributed by atoms with Crippen LogP contribution in [0.1, 0.15) is 0 Å². The minimum absolute atomic E-state index is 0.583. The van der Waals surface area contributed by atoms with Crippen LogP contribution in [-0.2, 0) is 0 Å². The molecule has 9 aromatic carbocycles. The van der Waals surface area contributed by atoms with Crippen LogP contribution in [0.15, 0.2) is 179 Å². The Kier molecular flexibility index (Phi) is 6.18. The maximum Gasteiger partial charge on any atom is 0.228 e. The zero-order valence-corrected chi connectivity index (χ0v) is 29.6. The van der Waals surface area contributed by atoms with E-state index in [1.54, 1.807) is 0 Å². The van der Waals surface area contributed by atoms with Crippen LogP contribution < -0.4 is 4.90 Å². The van der Waals surface area contributed by atoms with Crippen molar-refractivity contribution in [2.24, 2.45) is 0 Å². The Morgan fingerprint density at radius 2 is 1.09 bits per heavy atom. The summed E-state index contributed by atoms with van der Waals surface area (Å²) in [5.41, 5.74) is 7.29. The SMILES string of the molecule is c1ccc2cc(N(c3ccc4c(c3)oc3cccc(-c5nc6cc7ccccc7cc6o5)c34)c3ccc4c(c3)sc3ccc5ccccc5c34)ccc2c1. The van der Waals surface area contributed by atoms with Gasteiger partial charge in [-0.3, -0.25) is 0 Å². The molecule has 3 aromatic heterocycles. The lowest BCUT2D eigenvalue weighted by Crippen LogP contribution is -2.09. The second-order valence-electron chi connectivity index (χ2n) is 14.0. The van der Waals surface area contributed by atoms with Crippen molar-refractivity contribution < 1.29 is 8.83 Å². The molecule has 12 rings (SSSR count). The first-order chi connectivity index (χ1) is 26.7. The van der Waals surface area contributed by atoms with Gasteiger partial charge in [-0.05, 0) is 99.0 Å². The van der Waals surface area contributed by atoms with Crippen molar-refractivity contribution >= 4 is 114 Å². The van der Waals surface area contributed by atoms with E-state index in [2.05, 4.69) is 150 Å². The molecule has 0 bridgehead atoms. The summed E-state index contributed by atoms with van der Waals surface area (Å²) in [5, 5.41) is 11.8. The lowest BCUT2D eigenvalue weighted by molar-refractivity contribution is 0.620. The van der Waals surface area contributed by atoms with Crippen LogP contribution in [0.4, 0.5) is 17.1 Å². The van der Waals surface area contributed by atoms with E-state index < -0.39 is 0 Å². The average molecular weight is 709 g/mol. The first-order valence-electron chi connectivity index (χ1n) is 18.1. The molecule has 252 valence electrons. The van der Waals surface area contributed by atoms with Gasteiger partial charge < -0.3 is 13.7 Å². The molecule has 0 spiro atoms. The largest absolute Gasteiger partial charge is 0.456 e. The molecule has 3 heterocycles. The van der Waals surface area contributed by atoms with Crippen LogP contribution in [0.3, 0.4) is 0 Å². The van der Waals surface area contributed by atoms with Gasteiger partial charge >= 0.3 is 0 Å². The third kappa shape index (κ3) is 4.46. The van der Waals surface area contributed by atoms with Crippen LogP contribution in [0.2, 0.25) is 0 Å². The van der Waals surface area contributed by atoms with Gasteiger partial charge in [-0.2, -0.15) is 0 Å². The van der Waals surface area contributed by atoms with E-state index >= 15 is 0 Å². The highest BCUT2D eigenvalue weighted by atomic mass is 32.1. The van der Waals surface area contributed by atoms with Crippen molar-refractivity contribution in [3.8, 4) is 11.5 Å². The average Bonchev–Trinajstić information content (AvgIpc) is 3.92. The highest BCUT2D eigenvalue weighted by molar-refractivity contribution is 7.26. The number of aromatic nitrogens is 1. The summed E-state index contributed by atoms with van der Waals surface area (Å²) in [4.78, 5) is 7.30. The molecular formula is C49H28N2O2S. The maximum absolute atomic E-state index is 6.64. The van der Waals surface area contributed by atoms with Crippen molar-refractivity contribution in [3.05, 3.63) is 170 Å². The number of rotatable bonds is 4. The van der Waals surface area contributed by atoms with Gasteiger partial charge in [-0.1, -0.05) is 97.1 Å². The molecule has 0 atom stereocenters. The second kappa shape index (κ2) is 11.3. The van der Waals surface area contributed by atoms with Crippen molar-refractivity contribution in [2.45, 2.75) is 0 Å². The van der Waals surface area contributed by atoms with E-state index in [1.165, 1.54) is 41.7 Å². The summed E-state index contributed by atoms with van der Waals surface area (Å²) in [6.45, 7) is 0. The molecule has 0 amide bonds. The maximum atomic E-state index is 6.64. The molecule has 12 aromatic rings. The molecule has 0 aliphatic carbocycles. The minimum Gasteiger partial charge on any atom is -0.456 e. The fourth-order valence-electron chi connectivity index (χ4n) is 8.30. The monoisotopic (exact) mass is 708 g/mol. The Hall–Kier alpha value is -6.95.